The first-order valence-electron chi connectivity index (χ1n) is 3.81. The average Bonchev–Trinajstić information content (AvgIpc) is 2.40. The van der Waals surface area contributed by atoms with Gasteiger partial charge < -0.3 is 9.47 Å². The Labute approximate surface area is 65.0 Å². The van der Waals surface area contributed by atoms with Gasteiger partial charge in [0, 0.05) is 6.42 Å². The lowest BCUT2D eigenvalue weighted by molar-refractivity contribution is -0.150. The number of carbonyl (C=O) groups excluding carboxylic acids is 1. The van der Waals surface area contributed by atoms with Crippen molar-refractivity contribution in [2.45, 2.75) is 25.2 Å². The summed E-state index contributed by atoms with van der Waals surface area (Å²) in [4.78, 5) is 11.0. The third-order valence-electron chi connectivity index (χ3n) is 2.13. The Morgan fingerprint density at radius 2 is 2.64 bits per heavy atom. The lowest BCUT2D eigenvalue weighted by Gasteiger charge is -2.24. The Hall–Kier alpha value is -0.670. The van der Waals surface area contributed by atoms with Gasteiger partial charge in [-0.2, -0.15) is 0 Å². The number of rotatable bonds is 1. The number of hydrogen-bond acceptors (Lipinski definition) is 3. The SMILES string of the molecule is CC[C@@]12C=CC(=O)C(CO1)O2. The Morgan fingerprint density at radius 1 is 1.82 bits per heavy atom. The molecular formula is C8H10O3. The van der Waals surface area contributed by atoms with Gasteiger partial charge in [-0.3, -0.25) is 4.79 Å². The number of ether oxygens (including phenoxy) is 2. The number of hydrogen-bond donors (Lipinski definition) is 0. The summed E-state index contributed by atoms with van der Waals surface area (Å²) in [5.41, 5.74) is 0. The van der Waals surface area contributed by atoms with Gasteiger partial charge in [-0.05, 0) is 12.2 Å². The molecule has 2 aliphatic rings. The van der Waals surface area contributed by atoms with Gasteiger partial charge in [0.15, 0.2) is 11.6 Å². The lowest BCUT2D eigenvalue weighted by Crippen LogP contribution is -2.33. The van der Waals surface area contributed by atoms with E-state index >= 15 is 0 Å². The van der Waals surface area contributed by atoms with E-state index in [0.717, 1.165) is 6.42 Å². The summed E-state index contributed by atoms with van der Waals surface area (Å²) in [5.74, 6) is -0.565. The van der Waals surface area contributed by atoms with Crippen LogP contribution in [0.5, 0.6) is 0 Å². The molecule has 0 N–H and O–H groups in total. The van der Waals surface area contributed by atoms with Gasteiger partial charge in [0.1, 0.15) is 6.10 Å². The van der Waals surface area contributed by atoms with Crippen molar-refractivity contribution in [3.05, 3.63) is 12.2 Å². The van der Waals surface area contributed by atoms with Gasteiger partial charge >= 0.3 is 0 Å². The molecule has 1 saturated heterocycles. The van der Waals surface area contributed by atoms with E-state index < -0.39 is 5.79 Å². The number of fused-ring (bicyclic) bond motifs is 2. The van der Waals surface area contributed by atoms with Crippen LogP contribution >= 0.6 is 0 Å². The topological polar surface area (TPSA) is 35.5 Å². The molecule has 2 heterocycles. The summed E-state index contributed by atoms with van der Waals surface area (Å²) in [6, 6.07) is 0. The van der Waals surface area contributed by atoms with Crippen LogP contribution in [0.1, 0.15) is 13.3 Å². The molecule has 0 aromatic rings. The van der Waals surface area contributed by atoms with Crippen molar-refractivity contribution < 1.29 is 14.3 Å². The van der Waals surface area contributed by atoms with Crippen LogP contribution in [-0.4, -0.2) is 24.3 Å². The summed E-state index contributed by atoms with van der Waals surface area (Å²) in [6.45, 7) is 2.38. The molecule has 11 heavy (non-hydrogen) atoms. The highest BCUT2D eigenvalue weighted by molar-refractivity contribution is 5.94. The highest BCUT2D eigenvalue weighted by Gasteiger charge is 2.43. The molecule has 2 bridgehead atoms. The van der Waals surface area contributed by atoms with Crippen molar-refractivity contribution in [1.29, 1.82) is 0 Å². The van der Waals surface area contributed by atoms with Gasteiger partial charge in [0.25, 0.3) is 0 Å². The van der Waals surface area contributed by atoms with Crippen LogP contribution in [0.15, 0.2) is 12.2 Å². The average molecular weight is 154 g/mol. The van der Waals surface area contributed by atoms with Crippen LogP contribution in [0.4, 0.5) is 0 Å². The highest BCUT2D eigenvalue weighted by atomic mass is 16.7. The van der Waals surface area contributed by atoms with Crippen molar-refractivity contribution in [3.63, 3.8) is 0 Å². The van der Waals surface area contributed by atoms with Crippen LogP contribution in [0.25, 0.3) is 0 Å². The van der Waals surface area contributed by atoms with Crippen molar-refractivity contribution in [2.75, 3.05) is 6.61 Å². The molecule has 1 fully saturated rings. The van der Waals surface area contributed by atoms with Crippen LogP contribution < -0.4 is 0 Å². The predicted molar refractivity (Wildman–Crippen MR) is 38.0 cm³/mol. The Morgan fingerprint density at radius 3 is 3.36 bits per heavy atom. The zero-order chi connectivity index (χ0) is 7.90. The molecule has 0 aliphatic carbocycles. The van der Waals surface area contributed by atoms with E-state index in [1.807, 2.05) is 6.92 Å². The molecular weight excluding hydrogens is 144 g/mol. The van der Waals surface area contributed by atoms with Gasteiger partial charge in [-0.25, -0.2) is 0 Å². The van der Waals surface area contributed by atoms with Crippen molar-refractivity contribution in [1.82, 2.24) is 0 Å². The summed E-state index contributed by atoms with van der Waals surface area (Å²) >= 11 is 0. The molecule has 0 spiro atoms. The molecule has 60 valence electrons. The second-order valence-corrected chi connectivity index (χ2v) is 2.82. The standard InChI is InChI=1S/C8H10O3/c1-2-8-4-3-6(9)7(11-8)5-10-8/h3-4,7H,2,5H2,1H3/t7?,8-/m1/s1. The van der Waals surface area contributed by atoms with E-state index in [9.17, 15) is 4.79 Å². The molecule has 3 heteroatoms. The van der Waals surface area contributed by atoms with Gasteiger partial charge in [0.2, 0.25) is 0 Å². The van der Waals surface area contributed by atoms with E-state index in [0.29, 0.717) is 6.61 Å². The van der Waals surface area contributed by atoms with E-state index in [4.69, 9.17) is 9.47 Å². The fraction of sp³-hybridized carbons (Fsp3) is 0.625. The summed E-state index contributed by atoms with van der Waals surface area (Å²) < 4.78 is 10.7. The third-order valence-corrected chi connectivity index (χ3v) is 2.13. The quantitative estimate of drug-likeness (QED) is 0.556. The first kappa shape index (κ1) is 7.00. The molecule has 3 nitrogen and oxygen atoms in total. The highest BCUT2D eigenvalue weighted by Crippen LogP contribution is 2.32. The zero-order valence-corrected chi connectivity index (χ0v) is 6.37. The third kappa shape index (κ3) is 0.921. The fourth-order valence-electron chi connectivity index (χ4n) is 1.37. The van der Waals surface area contributed by atoms with Crippen LogP contribution in [-0.2, 0) is 14.3 Å². The molecule has 2 atom stereocenters. The second-order valence-electron chi connectivity index (χ2n) is 2.82. The molecule has 0 amide bonds. The van der Waals surface area contributed by atoms with E-state index in [-0.39, 0.29) is 11.9 Å². The first-order chi connectivity index (χ1) is 5.26. The molecule has 1 unspecified atom stereocenters. The summed E-state index contributed by atoms with van der Waals surface area (Å²) in [7, 11) is 0. The molecule has 0 aromatic heterocycles. The maximum atomic E-state index is 11.0. The molecule has 0 saturated carbocycles. The Balaban J connectivity index is 2.30. The Kier molecular flexibility index (Phi) is 1.37. The van der Waals surface area contributed by atoms with Crippen LogP contribution in [0, 0.1) is 0 Å². The first-order valence-corrected chi connectivity index (χ1v) is 3.81. The minimum absolute atomic E-state index is 0.0200. The smallest absolute Gasteiger partial charge is 0.189 e. The van der Waals surface area contributed by atoms with Crippen LogP contribution in [0.3, 0.4) is 0 Å². The minimum atomic E-state index is -0.585. The van der Waals surface area contributed by atoms with Gasteiger partial charge in [-0.1, -0.05) is 6.92 Å². The monoisotopic (exact) mass is 154 g/mol. The molecule has 0 aromatic carbocycles. The Bertz CT molecular complexity index is 221. The molecule has 0 radical (unpaired) electrons. The van der Waals surface area contributed by atoms with Crippen molar-refractivity contribution in [3.8, 4) is 0 Å². The van der Waals surface area contributed by atoms with Crippen molar-refractivity contribution >= 4 is 5.78 Å². The van der Waals surface area contributed by atoms with E-state index in [2.05, 4.69) is 0 Å². The second kappa shape index (κ2) is 2.16. The normalized spacial score (nSPS) is 41.5. The van der Waals surface area contributed by atoms with Crippen LogP contribution in [0.2, 0.25) is 0 Å². The van der Waals surface area contributed by atoms with E-state index in [1.54, 1.807) is 12.2 Å². The van der Waals surface area contributed by atoms with E-state index in [1.165, 1.54) is 0 Å². The number of carbonyl (C=O) groups is 1. The number of ketones is 1. The minimum Gasteiger partial charge on any atom is -0.343 e. The zero-order valence-electron chi connectivity index (χ0n) is 6.37. The van der Waals surface area contributed by atoms with Crippen molar-refractivity contribution in [2.24, 2.45) is 0 Å². The predicted octanol–water partition coefficient (Wildman–Crippen LogP) is 0.647. The lowest BCUT2D eigenvalue weighted by atomic mass is 10.1. The summed E-state index contributed by atoms with van der Waals surface area (Å²) in [5, 5.41) is 0. The molecule has 2 rings (SSSR count). The maximum Gasteiger partial charge on any atom is 0.189 e. The maximum absolute atomic E-state index is 11.0. The van der Waals surface area contributed by atoms with Gasteiger partial charge in [0.05, 0.1) is 6.61 Å². The van der Waals surface area contributed by atoms with Gasteiger partial charge in [-0.15, -0.1) is 0 Å². The summed E-state index contributed by atoms with van der Waals surface area (Å²) in [6.07, 6.45) is 3.68. The fourth-order valence-corrected chi connectivity index (χ4v) is 1.37. The largest absolute Gasteiger partial charge is 0.343 e. The molecule has 2 aliphatic heterocycles.